The van der Waals surface area contributed by atoms with Crippen LogP contribution >= 0.6 is 0 Å². The Morgan fingerprint density at radius 3 is 2.23 bits per heavy atom. The number of allylic oxidation sites excluding steroid dienone is 1. The molecule has 1 atom stereocenters. The van der Waals surface area contributed by atoms with Crippen LogP contribution in [0.15, 0.2) is 89.9 Å². The molecule has 0 radical (unpaired) electrons. The Balaban J connectivity index is 1.98. The van der Waals surface area contributed by atoms with Gasteiger partial charge in [-0.25, -0.2) is 0 Å². The Labute approximate surface area is 182 Å². The third-order valence-corrected chi connectivity index (χ3v) is 7.66. The van der Waals surface area contributed by atoms with Crippen molar-refractivity contribution in [3.05, 3.63) is 101 Å². The summed E-state index contributed by atoms with van der Waals surface area (Å²) in [6, 6.07) is 24.9. The number of Topliss-reactive ketones (excluding diaryl/α,β-unsaturated/α-hetero) is 1. The van der Waals surface area contributed by atoms with Crippen LogP contribution in [0.4, 0.5) is 5.69 Å². The molecule has 0 saturated heterocycles. The van der Waals surface area contributed by atoms with Gasteiger partial charge >= 0.3 is 182 Å². The molecule has 4 nitrogen and oxygen atoms in total. The Morgan fingerprint density at radius 2 is 1.57 bits per heavy atom. The van der Waals surface area contributed by atoms with Crippen LogP contribution < -0.4 is 14.1 Å². The first kappa shape index (κ1) is 20.1. The second-order valence-electron chi connectivity index (χ2n) is 7.03. The number of fused-ring (bicyclic) bond motifs is 1. The molecule has 1 amide bonds. The predicted octanol–water partition coefficient (Wildman–Crippen LogP) is 3.07. The molecule has 0 bridgehead atoms. The van der Waals surface area contributed by atoms with Gasteiger partial charge in [0.2, 0.25) is 0 Å². The molecule has 30 heavy (non-hydrogen) atoms. The summed E-state index contributed by atoms with van der Waals surface area (Å²) in [5.41, 5.74) is 1.00. The van der Waals surface area contributed by atoms with Crippen molar-refractivity contribution in [1.29, 1.82) is 0 Å². The van der Waals surface area contributed by atoms with E-state index in [2.05, 4.69) is 6.58 Å². The molecule has 0 N–H and O–H groups in total. The average molecular weight is 462 g/mol. The van der Waals surface area contributed by atoms with Crippen LogP contribution in [0.25, 0.3) is 0 Å². The Hall–Kier alpha value is -3.14. The number of carbonyl (C=O) groups excluding carboxylic acids is 2. The number of hydrogen-bond donors (Lipinski definition) is 0. The van der Waals surface area contributed by atoms with Gasteiger partial charge in [0.05, 0.1) is 0 Å². The van der Waals surface area contributed by atoms with Gasteiger partial charge in [-0.2, -0.15) is 0 Å². The molecule has 0 spiro atoms. The number of benzene rings is 3. The van der Waals surface area contributed by atoms with Gasteiger partial charge in [-0.05, 0) is 0 Å². The molecule has 0 fully saturated rings. The number of amides is 1. The number of anilines is 1. The third kappa shape index (κ3) is 3.07. The number of carbonyl (C=O) groups is 2. The molecule has 1 heterocycles. The van der Waals surface area contributed by atoms with Crippen LogP contribution in [0.3, 0.4) is 0 Å². The van der Waals surface area contributed by atoms with Gasteiger partial charge in [0.25, 0.3) is 0 Å². The molecule has 150 valence electrons. The predicted molar refractivity (Wildman–Crippen MR) is 120 cm³/mol. The van der Waals surface area contributed by atoms with E-state index in [0.717, 1.165) is 25.7 Å². The van der Waals surface area contributed by atoms with Crippen LogP contribution in [0.5, 0.6) is 5.75 Å². The number of para-hydroxylation sites is 1. The van der Waals surface area contributed by atoms with Crippen LogP contribution in [-0.4, -0.2) is 40.8 Å². The van der Waals surface area contributed by atoms with E-state index in [-0.39, 0.29) is 15.0 Å². The molecule has 0 aliphatic carbocycles. The van der Waals surface area contributed by atoms with Crippen molar-refractivity contribution in [2.75, 3.05) is 19.1 Å². The fourth-order valence-corrected chi connectivity index (χ4v) is 6.11. The van der Waals surface area contributed by atoms with E-state index in [4.69, 9.17) is 4.74 Å². The summed E-state index contributed by atoms with van der Waals surface area (Å²) >= 11 is -0.222. The number of ether oxygens (including phenoxy) is 1. The fourth-order valence-electron chi connectivity index (χ4n) is 3.90. The second kappa shape index (κ2) is 7.94. The van der Waals surface area contributed by atoms with E-state index >= 15 is 0 Å². The van der Waals surface area contributed by atoms with Crippen molar-refractivity contribution in [3.63, 3.8) is 0 Å². The molecule has 1 unspecified atom stereocenters. The van der Waals surface area contributed by atoms with Crippen LogP contribution in [0.1, 0.15) is 11.1 Å². The van der Waals surface area contributed by atoms with E-state index in [0.29, 0.717) is 5.75 Å². The zero-order valence-corrected chi connectivity index (χ0v) is 18.5. The number of likely N-dealkylation sites (N-methyl/N-ethyl adjacent to an activating group) is 1. The minimum absolute atomic E-state index is 0.222. The molecule has 1 aliphatic heterocycles. The van der Waals surface area contributed by atoms with E-state index in [1.54, 1.807) is 14.2 Å². The Kier molecular flexibility index (Phi) is 5.33. The first-order valence-electron chi connectivity index (χ1n) is 9.49. The zero-order valence-electron chi connectivity index (χ0n) is 16.8. The first-order valence-corrected chi connectivity index (χ1v) is 11.2. The van der Waals surface area contributed by atoms with Crippen LogP contribution in [0, 0.1) is 0 Å². The maximum atomic E-state index is 13.7. The quantitative estimate of drug-likeness (QED) is 0.433. The summed E-state index contributed by atoms with van der Waals surface area (Å²) in [4.78, 5) is 28.2. The summed E-state index contributed by atoms with van der Waals surface area (Å²) < 4.78 is 7.13. The minimum atomic E-state index is -1.23. The molecule has 0 saturated carbocycles. The number of nitrogens with zero attached hydrogens (tertiary/aromatic N) is 1. The first-order chi connectivity index (χ1) is 14.5. The molecule has 0 aromatic heterocycles. The van der Waals surface area contributed by atoms with Crippen LogP contribution in [-0.2, 0) is 15.0 Å². The van der Waals surface area contributed by atoms with E-state index in [1.165, 1.54) is 4.90 Å². The molecule has 1 aliphatic rings. The van der Waals surface area contributed by atoms with Crippen molar-refractivity contribution >= 4 is 36.8 Å². The van der Waals surface area contributed by atoms with Gasteiger partial charge < -0.3 is 0 Å². The SMILES string of the molecule is C=C([Se]c1ccccc1)C1(c2ccc(OC)cc2)C(=O)C(=O)N(C)c2ccccc21. The van der Waals surface area contributed by atoms with E-state index in [9.17, 15) is 9.59 Å². The zero-order chi connectivity index (χ0) is 21.3. The Morgan fingerprint density at radius 1 is 0.933 bits per heavy atom. The molecule has 5 heteroatoms. The van der Waals surface area contributed by atoms with Gasteiger partial charge in [0, 0.05) is 0 Å². The van der Waals surface area contributed by atoms with Gasteiger partial charge in [-0.3, -0.25) is 0 Å². The number of rotatable bonds is 5. The summed E-state index contributed by atoms with van der Waals surface area (Å²) in [6.45, 7) is 4.38. The molecule has 3 aromatic rings. The van der Waals surface area contributed by atoms with Crippen molar-refractivity contribution < 1.29 is 14.3 Å². The van der Waals surface area contributed by atoms with Crippen molar-refractivity contribution in [2.24, 2.45) is 0 Å². The molecular weight excluding hydrogens is 441 g/mol. The second-order valence-corrected chi connectivity index (χ2v) is 9.48. The summed E-state index contributed by atoms with van der Waals surface area (Å²) in [7, 11) is 3.24. The summed E-state index contributed by atoms with van der Waals surface area (Å²) in [6.07, 6.45) is 0. The van der Waals surface area contributed by atoms with E-state index < -0.39 is 17.1 Å². The standard InChI is InChI=1S/C25H21NO3Se/c1-17(30-20-9-5-4-6-10-20)25(18-13-15-19(29-3)16-14-18)21-11-7-8-12-22(21)26(2)24(28)23(25)27/h4-16H,1H2,2-3H3. The van der Waals surface area contributed by atoms with Crippen LogP contribution in [0.2, 0.25) is 0 Å². The van der Waals surface area contributed by atoms with E-state index in [1.807, 2.05) is 78.9 Å². The van der Waals surface area contributed by atoms with Crippen molar-refractivity contribution in [2.45, 2.75) is 5.41 Å². The average Bonchev–Trinajstić information content (AvgIpc) is 2.79. The number of ketones is 1. The number of methoxy groups -OCH3 is 1. The van der Waals surface area contributed by atoms with Gasteiger partial charge in [0.15, 0.2) is 0 Å². The molecule has 4 rings (SSSR count). The van der Waals surface area contributed by atoms with Gasteiger partial charge in [-0.1, -0.05) is 0 Å². The van der Waals surface area contributed by atoms with Gasteiger partial charge in [0.1, 0.15) is 0 Å². The third-order valence-electron chi connectivity index (χ3n) is 5.43. The van der Waals surface area contributed by atoms with Gasteiger partial charge in [-0.15, -0.1) is 0 Å². The summed E-state index contributed by atoms with van der Waals surface area (Å²) in [5, 5.41) is 0. The topological polar surface area (TPSA) is 46.6 Å². The molecular formula is C25H21NO3Se. The Bertz CT molecular complexity index is 1120. The monoisotopic (exact) mass is 463 g/mol. The summed E-state index contributed by atoms with van der Waals surface area (Å²) in [5.74, 6) is -0.320. The van der Waals surface area contributed by atoms with Crippen molar-refractivity contribution in [1.82, 2.24) is 0 Å². The normalized spacial score (nSPS) is 18.1. The number of hydrogen-bond acceptors (Lipinski definition) is 3. The fraction of sp³-hybridized carbons (Fsp3) is 0.120. The van der Waals surface area contributed by atoms with Crippen molar-refractivity contribution in [3.8, 4) is 5.75 Å². The molecule has 3 aromatic carbocycles. The maximum absolute atomic E-state index is 13.7.